The van der Waals surface area contributed by atoms with Crippen LogP contribution in [0.4, 0.5) is 5.69 Å². The second-order valence-corrected chi connectivity index (χ2v) is 10.5. The predicted molar refractivity (Wildman–Crippen MR) is 149 cm³/mol. The third-order valence-electron chi connectivity index (χ3n) is 6.68. The van der Waals surface area contributed by atoms with Gasteiger partial charge in [-0.25, -0.2) is 4.99 Å². The molecule has 0 heterocycles. The summed E-state index contributed by atoms with van der Waals surface area (Å²) in [6.45, 7) is 16.3. The second kappa shape index (κ2) is 11.7. The lowest BCUT2D eigenvalue weighted by molar-refractivity contribution is 0.552. The summed E-state index contributed by atoms with van der Waals surface area (Å²) in [5, 5.41) is 2.28. The summed E-state index contributed by atoms with van der Waals surface area (Å²) in [4.78, 5) is 7.89. The van der Waals surface area contributed by atoms with E-state index < -0.39 is 0 Å². The topological polar surface area (TPSA) is 15.6 Å². The molecule has 0 unspecified atom stereocenters. The van der Waals surface area contributed by atoms with Crippen molar-refractivity contribution in [2.24, 2.45) is 4.99 Å². The number of hydrogen-bond donors (Lipinski definition) is 0. The monoisotopic (exact) mass is 460 g/mol. The van der Waals surface area contributed by atoms with Crippen molar-refractivity contribution in [3.8, 4) is 0 Å². The van der Waals surface area contributed by atoms with Gasteiger partial charge >= 0.3 is 0 Å². The molecule has 1 aliphatic carbocycles. The van der Waals surface area contributed by atoms with E-state index >= 15 is 0 Å². The summed E-state index contributed by atoms with van der Waals surface area (Å²) in [6, 6.07) is 9.24. The Morgan fingerprint density at radius 2 is 1.79 bits per heavy atom. The molecule has 176 valence electrons. The quantitative estimate of drug-likeness (QED) is 0.223. The molecule has 0 aliphatic heterocycles. The lowest BCUT2D eigenvalue weighted by Crippen LogP contribution is -2.14. The van der Waals surface area contributed by atoms with Crippen molar-refractivity contribution in [3.05, 3.63) is 80.8 Å². The van der Waals surface area contributed by atoms with Crippen LogP contribution in [0.1, 0.15) is 72.1 Å². The van der Waals surface area contributed by atoms with Crippen molar-refractivity contribution in [3.63, 3.8) is 0 Å². The van der Waals surface area contributed by atoms with E-state index in [-0.39, 0.29) is 0 Å². The van der Waals surface area contributed by atoms with Gasteiger partial charge in [-0.1, -0.05) is 48.5 Å². The van der Waals surface area contributed by atoms with Crippen molar-refractivity contribution in [1.29, 1.82) is 0 Å². The van der Waals surface area contributed by atoms with Crippen LogP contribution < -0.4 is 0 Å². The lowest BCUT2D eigenvalue weighted by Gasteiger charge is -2.14. The van der Waals surface area contributed by atoms with Crippen LogP contribution >= 0.6 is 11.8 Å². The van der Waals surface area contributed by atoms with Gasteiger partial charge in [-0.2, -0.15) is 0 Å². The number of rotatable bonds is 8. The zero-order valence-corrected chi connectivity index (χ0v) is 22.2. The van der Waals surface area contributed by atoms with E-state index in [1.807, 2.05) is 13.4 Å². The Morgan fingerprint density at radius 3 is 2.55 bits per heavy atom. The summed E-state index contributed by atoms with van der Waals surface area (Å²) in [5.74, 6) is 0. The first-order chi connectivity index (χ1) is 15.8. The van der Waals surface area contributed by atoms with E-state index in [0.29, 0.717) is 0 Å². The minimum absolute atomic E-state index is 0.953. The zero-order chi connectivity index (χ0) is 24.0. The third-order valence-corrected chi connectivity index (χ3v) is 7.72. The number of allylic oxidation sites excluding steroid dienone is 1. The van der Waals surface area contributed by atoms with E-state index in [9.17, 15) is 0 Å². The number of thioether (sulfide) groups is 1. The van der Waals surface area contributed by atoms with E-state index in [4.69, 9.17) is 0 Å². The van der Waals surface area contributed by atoms with Crippen molar-refractivity contribution in [1.82, 2.24) is 4.90 Å². The van der Waals surface area contributed by atoms with Crippen molar-refractivity contribution < 1.29 is 0 Å². The fraction of sp³-hybridized carbons (Fsp3) is 0.433. The number of hydrogen-bond acceptors (Lipinski definition) is 2. The van der Waals surface area contributed by atoms with E-state index in [2.05, 4.69) is 80.8 Å². The van der Waals surface area contributed by atoms with Gasteiger partial charge in [0.05, 0.1) is 12.0 Å². The van der Waals surface area contributed by atoms with Crippen LogP contribution in [-0.2, 0) is 19.3 Å². The largest absolute Gasteiger partial charge is 0.366 e. The molecule has 0 fully saturated rings. The van der Waals surface area contributed by atoms with Gasteiger partial charge in [0.15, 0.2) is 0 Å². The van der Waals surface area contributed by atoms with Gasteiger partial charge in [0.25, 0.3) is 0 Å². The minimum atomic E-state index is 0.953. The molecule has 2 aromatic carbocycles. The fourth-order valence-electron chi connectivity index (χ4n) is 4.44. The van der Waals surface area contributed by atoms with Crippen LogP contribution in [0.25, 0.3) is 4.91 Å². The van der Waals surface area contributed by atoms with Gasteiger partial charge in [-0.3, -0.25) is 0 Å². The molecule has 33 heavy (non-hydrogen) atoms. The standard InChI is InChI=1S/C30H40N2S/c1-8-32(7)20-31-30-17-22(3)27(16-24(30)5)14-21(2)19-33-25(6)28-15-23(4)29-13-11-9-10-12-26(29)18-28/h15-20H,6,8-14H2,1-5,7H3/b21-19+,31-20?. The van der Waals surface area contributed by atoms with Gasteiger partial charge < -0.3 is 4.90 Å². The molecule has 0 aromatic heterocycles. The SMILES string of the molecule is C=C(S/C=C(\C)Cc1cc(C)c(N=CN(C)CC)cc1C)c1cc(C)c2c(c1)CCCCC2. The molecule has 0 bridgehead atoms. The Morgan fingerprint density at radius 1 is 1.03 bits per heavy atom. The van der Waals surface area contributed by atoms with Crippen LogP contribution in [0.3, 0.4) is 0 Å². The average Bonchev–Trinajstić information content (AvgIpc) is 3.04. The van der Waals surface area contributed by atoms with E-state index in [0.717, 1.165) is 23.6 Å². The van der Waals surface area contributed by atoms with Gasteiger partial charge in [0.2, 0.25) is 0 Å². The first-order valence-corrected chi connectivity index (χ1v) is 13.1. The Hall–Kier alpha value is -2.26. The van der Waals surface area contributed by atoms with Crippen LogP contribution in [-0.4, -0.2) is 24.8 Å². The second-order valence-electron chi connectivity index (χ2n) is 9.56. The highest BCUT2D eigenvalue weighted by Crippen LogP contribution is 2.33. The van der Waals surface area contributed by atoms with Crippen molar-refractivity contribution in [2.45, 2.75) is 73.1 Å². The molecule has 0 atom stereocenters. The Bertz CT molecular complexity index is 1060. The van der Waals surface area contributed by atoms with Crippen LogP contribution in [0.2, 0.25) is 0 Å². The number of aryl methyl sites for hydroxylation is 4. The summed E-state index contributed by atoms with van der Waals surface area (Å²) >= 11 is 1.76. The molecule has 3 heteroatoms. The number of fused-ring (bicyclic) bond motifs is 1. The first kappa shape index (κ1) is 25.4. The molecule has 0 radical (unpaired) electrons. The molecule has 2 nitrogen and oxygen atoms in total. The van der Waals surface area contributed by atoms with Crippen molar-refractivity contribution >= 4 is 28.7 Å². The van der Waals surface area contributed by atoms with Gasteiger partial charge in [0, 0.05) is 18.5 Å². The summed E-state index contributed by atoms with van der Waals surface area (Å²) in [7, 11) is 2.05. The Labute approximate surface area is 205 Å². The van der Waals surface area contributed by atoms with Gasteiger partial charge in [-0.15, -0.1) is 0 Å². The maximum absolute atomic E-state index is 4.66. The Balaban J connectivity index is 1.69. The molecule has 0 saturated carbocycles. The number of nitrogens with zero attached hydrogens (tertiary/aromatic N) is 2. The zero-order valence-electron chi connectivity index (χ0n) is 21.4. The average molecular weight is 461 g/mol. The molecule has 0 amide bonds. The maximum atomic E-state index is 4.66. The summed E-state index contributed by atoms with van der Waals surface area (Å²) in [6.07, 6.45) is 9.30. The van der Waals surface area contributed by atoms with Crippen LogP contribution in [0, 0.1) is 20.8 Å². The number of aliphatic imine (C=N–C) groups is 1. The third kappa shape index (κ3) is 6.86. The molecule has 1 aliphatic rings. The highest BCUT2D eigenvalue weighted by molar-refractivity contribution is 8.10. The number of benzene rings is 2. The molecule has 0 saturated heterocycles. The smallest absolute Gasteiger partial charge is 0.0909 e. The van der Waals surface area contributed by atoms with Crippen molar-refractivity contribution in [2.75, 3.05) is 13.6 Å². The summed E-state index contributed by atoms with van der Waals surface area (Å²) in [5.41, 5.74) is 12.2. The molecule has 3 rings (SSSR count). The highest BCUT2D eigenvalue weighted by Gasteiger charge is 2.13. The first-order valence-electron chi connectivity index (χ1n) is 12.3. The van der Waals surface area contributed by atoms with Crippen LogP contribution in [0.15, 0.2) is 46.8 Å². The van der Waals surface area contributed by atoms with E-state index in [1.54, 1.807) is 22.9 Å². The molecular weight excluding hydrogens is 420 g/mol. The predicted octanol–water partition coefficient (Wildman–Crippen LogP) is 8.34. The lowest BCUT2D eigenvalue weighted by atomic mass is 9.95. The summed E-state index contributed by atoms with van der Waals surface area (Å²) < 4.78 is 0. The molecule has 2 aromatic rings. The minimum Gasteiger partial charge on any atom is -0.366 e. The highest BCUT2D eigenvalue weighted by atomic mass is 32.2. The normalized spacial score (nSPS) is 14.3. The maximum Gasteiger partial charge on any atom is 0.0909 e. The Kier molecular flexibility index (Phi) is 9.02. The van der Waals surface area contributed by atoms with Crippen LogP contribution in [0.5, 0.6) is 0 Å². The molecule has 0 N–H and O–H groups in total. The molecular formula is C30H40N2S. The molecule has 0 spiro atoms. The van der Waals surface area contributed by atoms with Gasteiger partial charge in [0.1, 0.15) is 0 Å². The van der Waals surface area contributed by atoms with E-state index in [1.165, 1.54) is 65.5 Å². The van der Waals surface area contributed by atoms with Gasteiger partial charge in [-0.05, 0) is 117 Å². The fourth-order valence-corrected chi connectivity index (χ4v) is 5.12.